The Bertz CT molecular complexity index is 1290. The largest absolute Gasteiger partial charge is 0.346 e. The molecule has 3 aromatic heterocycles. The first-order chi connectivity index (χ1) is 14.4. The highest BCUT2D eigenvalue weighted by molar-refractivity contribution is 7.16. The van der Waals surface area contributed by atoms with Gasteiger partial charge in [0.05, 0.1) is 22.1 Å². The molecule has 4 rings (SSSR count). The van der Waals surface area contributed by atoms with Crippen LogP contribution in [-0.2, 0) is 6.54 Å². The summed E-state index contributed by atoms with van der Waals surface area (Å²) >= 11 is 3.10. The van der Waals surface area contributed by atoms with Crippen molar-refractivity contribution in [3.63, 3.8) is 0 Å². The fraction of sp³-hybridized carbons (Fsp3) is 0.143. The van der Waals surface area contributed by atoms with Gasteiger partial charge in [-0.05, 0) is 38.1 Å². The Balaban J connectivity index is 1.54. The summed E-state index contributed by atoms with van der Waals surface area (Å²) in [5.74, 6) is -1.10. The lowest BCUT2D eigenvalue weighted by atomic mass is 10.2. The van der Waals surface area contributed by atoms with Gasteiger partial charge in [-0.1, -0.05) is 12.1 Å². The zero-order chi connectivity index (χ0) is 21.3. The fourth-order valence-corrected chi connectivity index (χ4v) is 4.51. The molecule has 0 aliphatic carbocycles. The normalized spacial score (nSPS) is 10.9. The Morgan fingerprint density at radius 1 is 1.20 bits per heavy atom. The van der Waals surface area contributed by atoms with Gasteiger partial charge in [-0.2, -0.15) is 5.10 Å². The first-order valence-corrected chi connectivity index (χ1v) is 10.8. The van der Waals surface area contributed by atoms with Gasteiger partial charge in [-0.15, -0.1) is 22.7 Å². The van der Waals surface area contributed by atoms with Gasteiger partial charge in [-0.3, -0.25) is 9.59 Å². The Morgan fingerprint density at radius 2 is 2.00 bits per heavy atom. The van der Waals surface area contributed by atoms with Crippen LogP contribution in [0.15, 0.2) is 52.6 Å². The topological polar surface area (TPSA) is 76.9 Å². The lowest BCUT2D eigenvalue weighted by Crippen LogP contribution is -2.31. The van der Waals surface area contributed by atoms with E-state index < -0.39 is 17.2 Å². The average molecular weight is 441 g/mol. The van der Waals surface area contributed by atoms with E-state index in [4.69, 9.17) is 0 Å². The number of rotatable bonds is 5. The van der Waals surface area contributed by atoms with Crippen LogP contribution in [0.4, 0.5) is 4.39 Å². The maximum Gasteiger partial charge on any atom is 0.276 e. The molecule has 6 nitrogen and oxygen atoms in total. The minimum Gasteiger partial charge on any atom is -0.346 e. The lowest BCUT2D eigenvalue weighted by molar-refractivity contribution is 0.0943. The molecule has 0 aliphatic rings. The van der Waals surface area contributed by atoms with E-state index in [2.05, 4.69) is 15.4 Å². The second kappa shape index (κ2) is 8.29. The number of amides is 1. The number of benzene rings is 1. The third-order valence-corrected chi connectivity index (χ3v) is 6.24. The minimum atomic E-state index is -0.607. The molecule has 1 amide bonds. The van der Waals surface area contributed by atoms with Crippen molar-refractivity contribution in [2.75, 3.05) is 0 Å². The van der Waals surface area contributed by atoms with Crippen molar-refractivity contribution in [1.82, 2.24) is 20.1 Å². The number of hydrogen-bond acceptors (Lipinski definition) is 6. The van der Waals surface area contributed by atoms with E-state index in [1.54, 1.807) is 30.4 Å². The van der Waals surface area contributed by atoms with E-state index in [1.807, 2.05) is 24.4 Å². The Labute approximate surface area is 179 Å². The zero-order valence-electron chi connectivity index (χ0n) is 16.2. The zero-order valence-corrected chi connectivity index (χ0v) is 17.8. The number of thiophene rings is 1. The van der Waals surface area contributed by atoms with Gasteiger partial charge < -0.3 is 5.32 Å². The van der Waals surface area contributed by atoms with Gasteiger partial charge in [0, 0.05) is 22.0 Å². The number of carbonyl (C=O) groups is 1. The van der Waals surface area contributed by atoms with Gasteiger partial charge in [0.25, 0.3) is 5.91 Å². The number of aromatic nitrogens is 3. The lowest BCUT2D eigenvalue weighted by Gasteiger charge is -2.11. The predicted octanol–water partition coefficient (Wildman–Crippen LogP) is 4.10. The highest BCUT2D eigenvalue weighted by Crippen LogP contribution is 2.28. The van der Waals surface area contributed by atoms with E-state index >= 15 is 0 Å². The number of carbonyl (C=O) groups excluding carboxylic acids is 1. The summed E-state index contributed by atoms with van der Waals surface area (Å²) in [6.45, 7) is 3.84. The monoisotopic (exact) mass is 440 g/mol. The molecule has 0 radical (unpaired) electrons. The number of aryl methyl sites for hydroxylation is 2. The number of hydrogen-bond donors (Lipinski definition) is 1. The van der Waals surface area contributed by atoms with Crippen LogP contribution in [-0.4, -0.2) is 20.7 Å². The van der Waals surface area contributed by atoms with Crippen LogP contribution < -0.4 is 10.7 Å². The quantitative estimate of drug-likeness (QED) is 0.507. The van der Waals surface area contributed by atoms with Crippen LogP contribution >= 0.6 is 22.7 Å². The molecule has 0 saturated heterocycles. The molecule has 4 aromatic rings. The van der Waals surface area contributed by atoms with Gasteiger partial charge in [0.15, 0.2) is 5.69 Å². The molecule has 1 aromatic carbocycles. The molecule has 0 fully saturated rings. The van der Waals surface area contributed by atoms with E-state index in [9.17, 15) is 14.0 Å². The van der Waals surface area contributed by atoms with Gasteiger partial charge in [0.2, 0.25) is 5.43 Å². The van der Waals surface area contributed by atoms with Gasteiger partial charge in [-0.25, -0.2) is 14.1 Å². The van der Waals surface area contributed by atoms with E-state index in [0.717, 1.165) is 20.5 Å². The average Bonchev–Trinajstić information content (AvgIpc) is 3.36. The molecule has 9 heteroatoms. The van der Waals surface area contributed by atoms with Crippen LogP contribution in [0.1, 0.15) is 26.1 Å². The second-order valence-corrected chi connectivity index (χ2v) is 8.79. The van der Waals surface area contributed by atoms with Crippen LogP contribution in [0.5, 0.6) is 0 Å². The Kier molecular flexibility index (Phi) is 5.56. The smallest absolute Gasteiger partial charge is 0.276 e. The van der Waals surface area contributed by atoms with Crippen LogP contribution in [0.3, 0.4) is 0 Å². The maximum absolute atomic E-state index is 14.2. The van der Waals surface area contributed by atoms with Crippen molar-refractivity contribution in [2.45, 2.75) is 20.4 Å². The number of nitrogens with zero attached hydrogens (tertiary/aromatic N) is 3. The molecular formula is C21H17FN4O2S2. The first kappa shape index (κ1) is 20.1. The van der Waals surface area contributed by atoms with Crippen molar-refractivity contribution in [3.05, 3.63) is 85.2 Å². The third-order valence-electron chi connectivity index (χ3n) is 4.36. The van der Waals surface area contributed by atoms with Gasteiger partial charge >= 0.3 is 0 Å². The molecule has 30 heavy (non-hydrogen) atoms. The van der Waals surface area contributed by atoms with E-state index in [0.29, 0.717) is 5.69 Å². The van der Waals surface area contributed by atoms with Crippen molar-refractivity contribution in [3.8, 4) is 16.3 Å². The standard InChI is InChI=1S/C21H17FN4O2S2/c1-12-9-18(27)20(25-26(12)17-6-4-3-5-15(17)22)21(28)23-10-14-7-8-19(30-14)16-11-29-13(2)24-16/h3-9,11H,10H2,1-2H3,(H,23,28). The molecule has 0 unspecified atom stereocenters. The number of nitrogens with one attached hydrogen (secondary N) is 1. The SMILES string of the molecule is Cc1nc(-c2ccc(CNC(=O)c3nn(-c4ccccc4F)c(C)cc3=O)s2)cs1. The van der Waals surface area contributed by atoms with Gasteiger partial charge in [0.1, 0.15) is 11.5 Å². The number of halogens is 1. The summed E-state index contributed by atoms with van der Waals surface area (Å²) in [5.41, 5.74) is 0.722. The second-order valence-electron chi connectivity index (χ2n) is 6.56. The molecule has 0 saturated carbocycles. The summed E-state index contributed by atoms with van der Waals surface area (Å²) in [5, 5.41) is 9.82. The molecule has 0 aliphatic heterocycles. The predicted molar refractivity (Wildman–Crippen MR) is 116 cm³/mol. The van der Waals surface area contributed by atoms with Crippen molar-refractivity contribution >= 4 is 28.6 Å². The number of para-hydroxylation sites is 1. The first-order valence-electron chi connectivity index (χ1n) is 9.07. The van der Waals surface area contributed by atoms with Crippen LogP contribution in [0.25, 0.3) is 16.3 Å². The molecular weight excluding hydrogens is 423 g/mol. The van der Waals surface area contributed by atoms with Crippen molar-refractivity contribution < 1.29 is 9.18 Å². The molecule has 0 atom stereocenters. The number of thiazole rings is 1. The minimum absolute atomic E-state index is 0.172. The van der Waals surface area contributed by atoms with Crippen molar-refractivity contribution in [2.24, 2.45) is 0 Å². The molecule has 1 N–H and O–H groups in total. The molecule has 0 spiro atoms. The summed E-state index contributed by atoms with van der Waals surface area (Å²) in [4.78, 5) is 31.3. The van der Waals surface area contributed by atoms with Crippen molar-refractivity contribution in [1.29, 1.82) is 0 Å². The molecule has 152 valence electrons. The molecule has 3 heterocycles. The summed E-state index contributed by atoms with van der Waals surface area (Å²) in [6, 6.07) is 11.2. The van der Waals surface area contributed by atoms with Crippen LogP contribution in [0, 0.1) is 19.7 Å². The third kappa shape index (κ3) is 4.07. The summed E-state index contributed by atoms with van der Waals surface area (Å²) in [7, 11) is 0. The fourth-order valence-electron chi connectivity index (χ4n) is 2.91. The molecule has 0 bridgehead atoms. The Morgan fingerprint density at radius 3 is 2.73 bits per heavy atom. The highest BCUT2D eigenvalue weighted by Gasteiger charge is 2.17. The Hall–Kier alpha value is -3.17. The summed E-state index contributed by atoms with van der Waals surface area (Å²) in [6.07, 6.45) is 0. The van der Waals surface area contributed by atoms with E-state index in [-0.39, 0.29) is 17.9 Å². The van der Waals surface area contributed by atoms with E-state index in [1.165, 1.54) is 34.2 Å². The highest BCUT2D eigenvalue weighted by atomic mass is 32.1. The van der Waals surface area contributed by atoms with Crippen LogP contribution in [0.2, 0.25) is 0 Å². The summed E-state index contributed by atoms with van der Waals surface area (Å²) < 4.78 is 15.4. The maximum atomic E-state index is 14.2.